The second-order valence-electron chi connectivity index (χ2n) is 11.9. The molecule has 1 atom stereocenters. The molecule has 3 aromatic rings. The summed E-state index contributed by atoms with van der Waals surface area (Å²) in [6, 6.07) is 17.6. The molecule has 0 aliphatic carbocycles. The molecule has 0 unspecified atom stereocenters. The van der Waals surface area contributed by atoms with E-state index in [0.29, 0.717) is 18.6 Å². The number of carbonyl (C=O) groups is 1. The number of pyridine rings is 1. The van der Waals surface area contributed by atoms with Crippen LogP contribution in [0.5, 0.6) is 5.75 Å². The Balaban J connectivity index is 1.17. The van der Waals surface area contributed by atoms with Gasteiger partial charge in [-0.05, 0) is 92.0 Å². The summed E-state index contributed by atoms with van der Waals surface area (Å²) in [6.45, 7) is 10.6. The monoisotopic (exact) mass is 555 g/mol. The lowest BCUT2D eigenvalue weighted by Gasteiger charge is -2.36. The molecule has 0 saturated carbocycles. The molecule has 216 valence electrons. The van der Waals surface area contributed by atoms with E-state index in [1.165, 1.54) is 22.3 Å². The Morgan fingerprint density at radius 1 is 1.07 bits per heavy atom. The predicted octanol–water partition coefficient (Wildman–Crippen LogP) is 5.43. The number of aromatic nitrogens is 1. The number of anilines is 1. The molecule has 0 spiro atoms. The van der Waals surface area contributed by atoms with Crippen LogP contribution in [0.25, 0.3) is 11.3 Å². The Morgan fingerprint density at radius 3 is 2.73 bits per heavy atom. The third kappa shape index (κ3) is 6.26. The van der Waals surface area contributed by atoms with E-state index in [1.807, 2.05) is 0 Å². The molecule has 0 radical (unpaired) electrons. The molecule has 4 heterocycles. The van der Waals surface area contributed by atoms with Gasteiger partial charge in [-0.3, -0.25) is 9.69 Å². The molecular weight excluding hydrogens is 514 g/mol. The Morgan fingerprint density at radius 2 is 1.93 bits per heavy atom. The van der Waals surface area contributed by atoms with Crippen molar-refractivity contribution in [1.29, 1.82) is 0 Å². The lowest BCUT2D eigenvalue weighted by molar-refractivity contribution is -0.137. The van der Waals surface area contributed by atoms with Crippen molar-refractivity contribution in [2.24, 2.45) is 5.92 Å². The van der Waals surface area contributed by atoms with Crippen LogP contribution in [0.4, 0.5) is 5.82 Å². The first-order chi connectivity index (χ1) is 19.9. The van der Waals surface area contributed by atoms with E-state index in [1.54, 1.807) is 0 Å². The predicted molar refractivity (Wildman–Crippen MR) is 161 cm³/mol. The quantitative estimate of drug-likeness (QED) is 0.377. The SMILES string of the molecule is Cc1ccc(OCc2ccc3c(c2C)CCN(C2COC2)CC3)c(-c2cccc(N3CC[C@@H](CCC(=O)O)C3)n2)c1. The number of aliphatic carboxylic acids is 1. The molecular formula is C34H41N3O4. The third-order valence-corrected chi connectivity index (χ3v) is 9.17. The zero-order valence-corrected chi connectivity index (χ0v) is 24.3. The number of aryl methyl sites for hydroxylation is 1. The molecule has 2 aromatic carbocycles. The minimum absolute atomic E-state index is 0.230. The zero-order chi connectivity index (χ0) is 28.3. The number of rotatable bonds is 9. The first-order valence-electron chi connectivity index (χ1n) is 15.0. The van der Waals surface area contributed by atoms with E-state index in [2.05, 4.69) is 72.2 Å². The van der Waals surface area contributed by atoms with Gasteiger partial charge in [-0.1, -0.05) is 29.8 Å². The van der Waals surface area contributed by atoms with Gasteiger partial charge in [0.1, 0.15) is 18.2 Å². The summed E-state index contributed by atoms with van der Waals surface area (Å²) in [6.07, 6.45) is 4.12. The largest absolute Gasteiger partial charge is 0.488 e. The van der Waals surface area contributed by atoms with Crippen LogP contribution < -0.4 is 9.64 Å². The van der Waals surface area contributed by atoms with Crippen molar-refractivity contribution in [3.05, 3.63) is 76.3 Å². The molecule has 1 N–H and O–H groups in total. The number of benzene rings is 2. The summed E-state index contributed by atoms with van der Waals surface area (Å²) in [4.78, 5) is 20.9. The highest BCUT2D eigenvalue weighted by Crippen LogP contribution is 2.34. The normalized spacial score (nSPS) is 19.5. The molecule has 3 aliphatic rings. The van der Waals surface area contributed by atoms with E-state index >= 15 is 0 Å². The number of hydrogen-bond acceptors (Lipinski definition) is 6. The summed E-state index contributed by atoms with van der Waals surface area (Å²) >= 11 is 0. The van der Waals surface area contributed by atoms with E-state index in [0.717, 1.165) is 93.5 Å². The van der Waals surface area contributed by atoms with Crippen LogP contribution in [0.15, 0.2) is 48.5 Å². The van der Waals surface area contributed by atoms with Crippen LogP contribution >= 0.6 is 0 Å². The minimum atomic E-state index is -0.720. The summed E-state index contributed by atoms with van der Waals surface area (Å²) < 4.78 is 12.0. The lowest BCUT2D eigenvalue weighted by Crippen LogP contribution is -2.49. The smallest absolute Gasteiger partial charge is 0.303 e. The first kappa shape index (κ1) is 27.7. The number of fused-ring (bicyclic) bond motifs is 1. The van der Waals surface area contributed by atoms with Crippen molar-refractivity contribution < 1.29 is 19.4 Å². The average Bonchev–Trinajstić information content (AvgIpc) is 3.32. The van der Waals surface area contributed by atoms with Gasteiger partial charge >= 0.3 is 5.97 Å². The van der Waals surface area contributed by atoms with E-state index in [-0.39, 0.29) is 6.42 Å². The third-order valence-electron chi connectivity index (χ3n) is 9.17. The Hall–Kier alpha value is -3.42. The molecule has 1 aromatic heterocycles. The molecule has 7 nitrogen and oxygen atoms in total. The van der Waals surface area contributed by atoms with Crippen LogP contribution in [0, 0.1) is 19.8 Å². The van der Waals surface area contributed by atoms with Crippen molar-refractivity contribution >= 4 is 11.8 Å². The van der Waals surface area contributed by atoms with Crippen molar-refractivity contribution in [3.63, 3.8) is 0 Å². The molecule has 0 bridgehead atoms. The Labute approximate surface area is 243 Å². The van der Waals surface area contributed by atoms with Gasteiger partial charge in [-0.2, -0.15) is 0 Å². The van der Waals surface area contributed by atoms with Gasteiger partial charge in [-0.25, -0.2) is 4.98 Å². The maximum Gasteiger partial charge on any atom is 0.303 e. The van der Waals surface area contributed by atoms with E-state index in [4.69, 9.17) is 19.6 Å². The van der Waals surface area contributed by atoms with Crippen LogP contribution in [0.1, 0.15) is 47.1 Å². The van der Waals surface area contributed by atoms with Crippen LogP contribution in [-0.4, -0.2) is 66.4 Å². The summed E-state index contributed by atoms with van der Waals surface area (Å²) in [5.41, 5.74) is 8.61. The maximum absolute atomic E-state index is 11.0. The topological polar surface area (TPSA) is 75.1 Å². The van der Waals surface area contributed by atoms with Crippen molar-refractivity contribution in [2.45, 2.75) is 58.6 Å². The van der Waals surface area contributed by atoms with Gasteiger partial charge in [-0.15, -0.1) is 0 Å². The lowest BCUT2D eigenvalue weighted by atomic mass is 9.94. The molecule has 41 heavy (non-hydrogen) atoms. The van der Waals surface area contributed by atoms with Crippen LogP contribution in [-0.2, 0) is 29.0 Å². The van der Waals surface area contributed by atoms with Crippen molar-refractivity contribution in [3.8, 4) is 17.0 Å². The number of hydrogen-bond donors (Lipinski definition) is 1. The summed E-state index contributed by atoms with van der Waals surface area (Å²) in [5, 5.41) is 9.06. The first-order valence-corrected chi connectivity index (χ1v) is 15.0. The number of carboxylic acid groups (broad SMARTS) is 1. The van der Waals surface area contributed by atoms with E-state index in [9.17, 15) is 4.79 Å². The van der Waals surface area contributed by atoms with E-state index < -0.39 is 5.97 Å². The zero-order valence-electron chi connectivity index (χ0n) is 24.3. The average molecular weight is 556 g/mol. The van der Waals surface area contributed by atoms with Gasteiger partial charge < -0.3 is 19.5 Å². The van der Waals surface area contributed by atoms with Crippen LogP contribution in [0.3, 0.4) is 0 Å². The van der Waals surface area contributed by atoms with Gasteiger partial charge in [0.05, 0.1) is 24.9 Å². The number of nitrogens with zero attached hydrogens (tertiary/aromatic N) is 3. The fourth-order valence-electron chi connectivity index (χ4n) is 6.51. The summed E-state index contributed by atoms with van der Waals surface area (Å²) in [5.74, 6) is 1.46. The maximum atomic E-state index is 11.0. The Bertz CT molecular complexity index is 1400. The highest BCUT2D eigenvalue weighted by atomic mass is 16.5. The summed E-state index contributed by atoms with van der Waals surface area (Å²) in [7, 11) is 0. The van der Waals surface area contributed by atoms with Crippen LogP contribution in [0.2, 0.25) is 0 Å². The highest BCUT2D eigenvalue weighted by molar-refractivity contribution is 5.69. The molecule has 7 heteroatoms. The standard InChI is InChI=1S/C34H41N3O4/c1-23-6-10-32(30(18-23)31-4-3-5-33(35-31)37-15-12-25(19-37)7-11-34(38)39)41-20-27-9-8-26-13-16-36(28-21-40-22-28)17-14-29(26)24(27)2/h3-6,8-10,18,25,28H,7,11-17,19-22H2,1-2H3,(H,38,39)/t25-/m1/s1. The molecule has 0 amide bonds. The Kier molecular flexibility index (Phi) is 8.26. The van der Waals surface area contributed by atoms with Gasteiger partial charge in [0.2, 0.25) is 0 Å². The number of carboxylic acids is 1. The highest BCUT2D eigenvalue weighted by Gasteiger charge is 2.28. The minimum Gasteiger partial charge on any atom is -0.488 e. The van der Waals surface area contributed by atoms with Gasteiger partial charge in [0.15, 0.2) is 0 Å². The van der Waals surface area contributed by atoms with Crippen molar-refractivity contribution in [2.75, 3.05) is 44.3 Å². The fraction of sp³-hybridized carbons (Fsp3) is 0.471. The number of ether oxygens (including phenoxy) is 2. The fourth-order valence-corrected chi connectivity index (χ4v) is 6.51. The molecule has 6 rings (SSSR count). The molecule has 2 saturated heterocycles. The second kappa shape index (κ2) is 12.2. The van der Waals surface area contributed by atoms with Crippen molar-refractivity contribution in [1.82, 2.24) is 9.88 Å². The molecule has 3 aliphatic heterocycles. The van der Waals surface area contributed by atoms with Gasteiger partial charge in [0, 0.05) is 38.2 Å². The molecule has 2 fully saturated rings. The second-order valence-corrected chi connectivity index (χ2v) is 11.9. The van der Waals surface area contributed by atoms with Gasteiger partial charge in [0.25, 0.3) is 0 Å².